The third kappa shape index (κ3) is 7.39. The number of carbonyl (C=O) groups is 1. The highest BCUT2D eigenvalue weighted by Gasteiger charge is 2.20. The lowest BCUT2D eigenvalue weighted by Gasteiger charge is -2.21. The first kappa shape index (κ1) is 28.2. The number of fused-ring (bicyclic) bond motifs is 1. The van der Waals surface area contributed by atoms with E-state index >= 15 is 0 Å². The summed E-state index contributed by atoms with van der Waals surface area (Å²) in [4.78, 5) is 16.1. The number of hydrogen-bond donors (Lipinski definition) is 0. The van der Waals surface area contributed by atoms with Gasteiger partial charge in [-0.1, -0.05) is 31.2 Å². The van der Waals surface area contributed by atoms with Crippen molar-refractivity contribution < 1.29 is 19.0 Å². The number of likely N-dealkylation sites (N-methyl/N-ethyl adjacent to an activating group) is 1. The second-order valence-electron chi connectivity index (χ2n) is 11.0. The van der Waals surface area contributed by atoms with Crippen LogP contribution in [0.25, 0.3) is 21.9 Å². The summed E-state index contributed by atoms with van der Waals surface area (Å²) in [6.07, 6.45) is 0.935. The second-order valence-corrected chi connectivity index (χ2v) is 11.0. The van der Waals surface area contributed by atoms with E-state index in [1.54, 1.807) is 0 Å². The maximum Gasteiger partial charge on any atom is 0.194 e. The zero-order chi connectivity index (χ0) is 28.0. The molecule has 0 aromatic heterocycles. The Morgan fingerprint density at radius 3 is 2.05 bits per heavy atom. The molecule has 0 heterocycles. The minimum Gasteiger partial charge on any atom is -0.494 e. The molecule has 4 rings (SSSR count). The number of ether oxygens (including phenoxy) is 3. The van der Waals surface area contributed by atoms with Gasteiger partial charge in [0.05, 0.1) is 6.61 Å². The lowest BCUT2D eigenvalue weighted by atomic mass is 9.89. The Hall–Kier alpha value is -3.83. The smallest absolute Gasteiger partial charge is 0.194 e. The minimum atomic E-state index is -0.286. The van der Waals surface area contributed by atoms with E-state index in [9.17, 15) is 4.79 Å². The van der Waals surface area contributed by atoms with Crippen molar-refractivity contribution in [2.45, 2.75) is 39.7 Å². The highest BCUT2D eigenvalue weighted by atomic mass is 16.5. The molecule has 4 aromatic rings. The van der Waals surface area contributed by atoms with Crippen LogP contribution in [0, 0.1) is 0 Å². The molecule has 0 aliphatic carbocycles. The van der Waals surface area contributed by atoms with Gasteiger partial charge in [0.2, 0.25) is 0 Å². The largest absolute Gasteiger partial charge is 0.494 e. The van der Waals surface area contributed by atoms with Gasteiger partial charge in [0.1, 0.15) is 29.5 Å². The van der Waals surface area contributed by atoms with E-state index < -0.39 is 0 Å². The van der Waals surface area contributed by atoms with Crippen molar-refractivity contribution in [3.8, 4) is 28.4 Å². The van der Waals surface area contributed by atoms with Crippen molar-refractivity contribution in [3.05, 3.63) is 90.0 Å². The van der Waals surface area contributed by atoms with Gasteiger partial charge in [0.15, 0.2) is 5.78 Å². The lowest BCUT2D eigenvalue weighted by Crippen LogP contribution is -2.22. The maximum atomic E-state index is 14.1. The molecule has 0 atom stereocenters. The summed E-state index contributed by atoms with van der Waals surface area (Å²) in [6.45, 7) is 10.2. The van der Waals surface area contributed by atoms with E-state index in [1.165, 1.54) is 0 Å². The van der Waals surface area contributed by atoms with E-state index in [-0.39, 0.29) is 11.4 Å². The minimum absolute atomic E-state index is 0.0345. The van der Waals surface area contributed by atoms with Crippen LogP contribution in [0.1, 0.15) is 50.0 Å². The van der Waals surface area contributed by atoms with Crippen LogP contribution in [-0.2, 0) is 0 Å². The summed E-state index contributed by atoms with van der Waals surface area (Å²) in [6, 6.07) is 25.4. The van der Waals surface area contributed by atoms with E-state index in [0.717, 1.165) is 52.1 Å². The number of rotatable bonds is 11. The monoisotopic (exact) mass is 525 g/mol. The van der Waals surface area contributed by atoms with Gasteiger partial charge >= 0.3 is 0 Å². The van der Waals surface area contributed by atoms with Crippen LogP contribution < -0.4 is 14.2 Å². The summed E-state index contributed by atoms with van der Waals surface area (Å²) in [5.74, 6) is 2.31. The number of carbonyl (C=O) groups excluding carboxylic acids is 1. The molecule has 0 aliphatic heterocycles. The number of hydrogen-bond acceptors (Lipinski definition) is 5. The van der Waals surface area contributed by atoms with Crippen molar-refractivity contribution in [1.29, 1.82) is 0 Å². The predicted octanol–water partition coefficient (Wildman–Crippen LogP) is 7.64. The Bertz CT molecular complexity index is 1400. The Morgan fingerprint density at radius 1 is 0.769 bits per heavy atom. The Balaban J connectivity index is 1.73. The molecule has 0 spiro atoms. The zero-order valence-corrected chi connectivity index (χ0v) is 23.9. The van der Waals surface area contributed by atoms with Crippen LogP contribution in [0.15, 0.2) is 78.9 Å². The van der Waals surface area contributed by atoms with Crippen molar-refractivity contribution in [2.75, 3.05) is 33.9 Å². The lowest BCUT2D eigenvalue weighted by molar-refractivity contribution is 0.104. The third-order valence-electron chi connectivity index (χ3n) is 6.20. The summed E-state index contributed by atoms with van der Waals surface area (Å²) >= 11 is 0. The molecular formula is C34H39NO4. The van der Waals surface area contributed by atoms with Gasteiger partial charge in [-0.2, -0.15) is 0 Å². The van der Waals surface area contributed by atoms with Gasteiger partial charge in [-0.3, -0.25) is 4.79 Å². The number of nitrogens with zero attached hydrogens (tertiary/aromatic N) is 1. The molecule has 0 unspecified atom stereocenters. The maximum absolute atomic E-state index is 14.1. The molecule has 0 fully saturated rings. The molecule has 5 heteroatoms. The number of ketones is 1. The average molecular weight is 526 g/mol. The summed E-state index contributed by atoms with van der Waals surface area (Å²) in [5.41, 5.74) is 2.83. The first-order valence-electron chi connectivity index (χ1n) is 13.6. The third-order valence-corrected chi connectivity index (χ3v) is 6.20. The van der Waals surface area contributed by atoms with Crippen molar-refractivity contribution in [3.63, 3.8) is 0 Å². The van der Waals surface area contributed by atoms with Gasteiger partial charge < -0.3 is 19.1 Å². The number of benzene rings is 4. The van der Waals surface area contributed by atoms with E-state index in [0.29, 0.717) is 24.3 Å². The van der Waals surface area contributed by atoms with Crippen LogP contribution in [0.4, 0.5) is 0 Å². The molecule has 5 nitrogen and oxygen atoms in total. The van der Waals surface area contributed by atoms with Crippen molar-refractivity contribution >= 4 is 16.6 Å². The Labute approximate surface area is 232 Å². The molecule has 39 heavy (non-hydrogen) atoms. The Kier molecular flexibility index (Phi) is 8.93. The summed E-state index contributed by atoms with van der Waals surface area (Å²) < 4.78 is 17.7. The molecule has 0 amide bonds. The van der Waals surface area contributed by atoms with Gasteiger partial charge in [0.25, 0.3) is 0 Å². The highest BCUT2D eigenvalue weighted by Crippen LogP contribution is 2.35. The van der Waals surface area contributed by atoms with Crippen LogP contribution in [-0.4, -0.2) is 50.1 Å². The van der Waals surface area contributed by atoms with Crippen molar-refractivity contribution in [2.24, 2.45) is 0 Å². The first-order chi connectivity index (χ1) is 18.6. The fourth-order valence-corrected chi connectivity index (χ4v) is 4.35. The standard InChI is InChI=1S/C34H39NO4/c1-7-21-37-29-17-19-31-26(23-29)12-18-30(24-8-15-28(16-9-24)39-34(2,3)4)32(31)33(36)25-10-13-27(14-11-25)38-22-20-35(5)6/h8-19,23H,7,20-22H2,1-6H3. The van der Waals surface area contributed by atoms with Gasteiger partial charge in [-0.05, 0) is 118 Å². The normalized spacial score (nSPS) is 11.6. The van der Waals surface area contributed by atoms with Gasteiger partial charge in [-0.25, -0.2) is 0 Å². The van der Waals surface area contributed by atoms with E-state index in [2.05, 4.69) is 17.9 Å². The SMILES string of the molecule is CCCOc1ccc2c(C(=O)c3ccc(OCCN(C)C)cc3)c(-c3ccc(OC(C)(C)C)cc3)ccc2c1. The predicted molar refractivity (Wildman–Crippen MR) is 159 cm³/mol. The quantitative estimate of drug-likeness (QED) is 0.188. The molecule has 204 valence electrons. The van der Waals surface area contributed by atoms with Gasteiger partial charge in [0, 0.05) is 17.7 Å². The molecule has 4 aromatic carbocycles. The highest BCUT2D eigenvalue weighted by molar-refractivity contribution is 6.20. The Morgan fingerprint density at radius 2 is 1.41 bits per heavy atom. The second kappa shape index (κ2) is 12.4. The van der Waals surface area contributed by atoms with E-state index in [4.69, 9.17) is 14.2 Å². The van der Waals surface area contributed by atoms with Crippen LogP contribution >= 0.6 is 0 Å². The molecule has 0 bridgehead atoms. The topological polar surface area (TPSA) is 48.0 Å². The van der Waals surface area contributed by atoms with Crippen LogP contribution in [0.3, 0.4) is 0 Å². The summed E-state index contributed by atoms with van der Waals surface area (Å²) in [7, 11) is 4.02. The molecule has 0 radical (unpaired) electrons. The first-order valence-corrected chi connectivity index (χ1v) is 13.6. The van der Waals surface area contributed by atoms with Crippen LogP contribution in [0.2, 0.25) is 0 Å². The molecule has 0 saturated heterocycles. The van der Waals surface area contributed by atoms with E-state index in [1.807, 2.05) is 108 Å². The van der Waals surface area contributed by atoms with Crippen molar-refractivity contribution in [1.82, 2.24) is 4.90 Å². The fourth-order valence-electron chi connectivity index (χ4n) is 4.35. The fraction of sp³-hybridized carbons (Fsp3) is 0.324. The molecular weight excluding hydrogens is 486 g/mol. The molecule has 0 aliphatic rings. The average Bonchev–Trinajstić information content (AvgIpc) is 2.90. The zero-order valence-electron chi connectivity index (χ0n) is 23.9. The molecule has 0 N–H and O–H groups in total. The van der Waals surface area contributed by atoms with Gasteiger partial charge in [-0.15, -0.1) is 0 Å². The summed E-state index contributed by atoms with van der Waals surface area (Å²) in [5, 5.41) is 1.86. The molecule has 0 saturated carbocycles. The van der Waals surface area contributed by atoms with Crippen LogP contribution in [0.5, 0.6) is 17.2 Å².